The first-order chi connectivity index (χ1) is 11.7. The second-order valence-electron chi connectivity index (χ2n) is 6.31. The third-order valence-electron chi connectivity index (χ3n) is 4.21. The Bertz CT molecular complexity index is 531. The number of halogens is 1. The van der Waals surface area contributed by atoms with Crippen molar-refractivity contribution >= 4 is 29.9 Å². The Hall–Kier alpha value is -1.02. The summed E-state index contributed by atoms with van der Waals surface area (Å²) in [5.74, 6) is 1.42. The molecule has 0 bridgehead atoms. The van der Waals surface area contributed by atoms with E-state index in [2.05, 4.69) is 35.4 Å². The van der Waals surface area contributed by atoms with E-state index < -0.39 is 0 Å². The summed E-state index contributed by atoms with van der Waals surface area (Å²) in [5.41, 5.74) is 8.23. The van der Waals surface area contributed by atoms with Crippen LogP contribution in [0.3, 0.4) is 0 Å². The van der Waals surface area contributed by atoms with Gasteiger partial charge < -0.3 is 20.5 Å². The molecule has 0 saturated heterocycles. The second-order valence-corrected chi connectivity index (χ2v) is 6.31. The van der Waals surface area contributed by atoms with Crippen LogP contribution in [-0.4, -0.2) is 31.8 Å². The predicted octanol–water partition coefficient (Wildman–Crippen LogP) is 3.77. The zero-order valence-corrected chi connectivity index (χ0v) is 17.8. The number of benzene rings is 1. The van der Waals surface area contributed by atoms with Crippen LogP contribution < -0.4 is 15.8 Å². The molecule has 1 saturated carbocycles. The molecule has 0 amide bonds. The van der Waals surface area contributed by atoms with E-state index in [0.717, 1.165) is 50.3 Å². The number of nitrogens with one attached hydrogen (secondary N) is 1. The average molecular weight is 461 g/mol. The first kappa shape index (κ1) is 22.0. The van der Waals surface area contributed by atoms with Gasteiger partial charge in [-0.3, -0.25) is 0 Å². The van der Waals surface area contributed by atoms with Crippen LogP contribution in [0, 0.1) is 6.92 Å². The number of hydrogen-bond acceptors (Lipinski definition) is 3. The molecule has 142 valence electrons. The molecule has 1 aliphatic rings. The SMILES string of the molecule is CCOCCCNC(N)=NCc1ccc(C)cc1OC1CCCC1.I. The van der Waals surface area contributed by atoms with E-state index in [-0.39, 0.29) is 24.0 Å². The minimum atomic E-state index is 0. The van der Waals surface area contributed by atoms with Crippen molar-refractivity contribution in [2.45, 2.75) is 58.6 Å². The van der Waals surface area contributed by atoms with E-state index in [1.165, 1.54) is 18.4 Å². The highest BCUT2D eigenvalue weighted by Gasteiger charge is 2.18. The van der Waals surface area contributed by atoms with Gasteiger partial charge in [-0.1, -0.05) is 12.1 Å². The molecule has 0 atom stereocenters. The van der Waals surface area contributed by atoms with E-state index in [0.29, 0.717) is 18.6 Å². The molecule has 6 heteroatoms. The Morgan fingerprint density at radius 1 is 1.32 bits per heavy atom. The maximum absolute atomic E-state index is 6.20. The molecular weight excluding hydrogens is 429 g/mol. The molecule has 0 aromatic heterocycles. The molecule has 2 rings (SSSR count). The van der Waals surface area contributed by atoms with Gasteiger partial charge >= 0.3 is 0 Å². The number of guanidine groups is 1. The Kier molecular flexibility index (Phi) is 10.9. The van der Waals surface area contributed by atoms with Crippen LogP contribution in [0.4, 0.5) is 0 Å². The maximum atomic E-state index is 6.20. The van der Waals surface area contributed by atoms with Crippen molar-refractivity contribution in [2.75, 3.05) is 19.8 Å². The molecule has 0 aliphatic heterocycles. The minimum Gasteiger partial charge on any atom is -0.490 e. The lowest BCUT2D eigenvalue weighted by Gasteiger charge is -2.16. The van der Waals surface area contributed by atoms with Crippen LogP contribution in [0.25, 0.3) is 0 Å². The zero-order chi connectivity index (χ0) is 17.2. The quantitative estimate of drug-likeness (QED) is 0.254. The molecule has 0 heterocycles. The van der Waals surface area contributed by atoms with Crippen LogP contribution in [0.5, 0.6) is 5.75 Å². The molecule has 1 aliphatic carbocycles. The molecule has 1 aromatic rings. The molecule has 0 spiro atoms. The Balaban J connectivity index is 0.00000312. The van der Waals surface area contributed by atoms with Crippen molar-refractivity contribution in [3.05, 3.63) is 29.3 Å². The number of rotatable bonds is 9. The van der Waals surface area contributed by atoms with E-state index in [1.54, 1.807) is 0 Å². The molecule has 25 heavy (non-hydrogen) atoms. The molecule has 1 fully saturated rings. The Labute approximate surface area is 168 Å². The molecule has 0 unspecified atom stereocenters. The zero-order valence-electron chi connectivity index (χ0n) is 15.4. The number of ether oxygens (including phenoxy) is 2. The monoisotopic (exact) mass is 461 g/mol. The van der Waals surface area contributed by atoms with Gasteiger partial charge in [0.15, 0.2) is 5.96 Å². The summed E-state index contributed by atoms with van der Waals surface area (Å²) >= 11 is 0. The van der Waals surface area contributed by atoms with Crippen molar-refractivity contribution < 1.29 is 9.47 Å². The number of nitrogens with zero attached hydrogens (tertiary/aromatic N) is 1. The highest BCUT2D eigenvalue weighted by atomic mass is 127. The van der Waals surface area contributed by atoms with Gasteiger partial charge in [-0.05, 0) is 57.6 Å². The normalized spacial score (nSPS) is 15.0. The van der Waals surface area contributed by atoms with Crippen LogP contribution in [-0.2, 0) is 11.3 Å². The van der Waals surface area contributed by atoms with Crippen LogP contribution in [0.1, 0.15) is 50.2 Å². The topological polar surface area (TPSA) is 68.9 Å². The summed E-state index contributed by atoms with van der Waals surface area (Å²) in [6.45, 7) is 6.88. The van der Waals surface area contributed by atoms with Gasteiger partial charge in [0.25, 0.3) is 0 Å². The first-order valence-electron chi connectivity index (χ1n) is 9.06. The van der Waals surface area contributed by atoms with Crippen molar-refractivity contribution in [1.29, 1.82) is 0 Å². The molecular formula is C19H32IN3O2. The first-order valence-corrected chi connectivity index (χ1v) is 9.06. The van der Waals surface area contributed by atoms with Gasteiger partial charge in [0.05, 0.1) is 12.6 Å². The highest BCUT2D eigenvalue weighted by molar-refractivity contribution is 14.0. The van der Waals surface area contributed by atoms with Crippen molar-refractivity contribution in [2.24, 2.45) is 10.7 Å². The van der Waals surface area contributed by atoms with Crippen molar-refractivity contribution in [3.8, 4) is 5.75 Å². The minimum absolute atomic E-state index is 0. The summed E-state index contributed by atoms with van der Waals surface area (Å²) in [6, 6.07) is 6.29. The number of aryl methyl sites for hydroxylation is 1. The second kappa shape index (κ2) is 12.4. The third-order valence-corrected chi connectivity index (χ3v) is 4.21. The standard InChI is InChI=1S/C19H31N3O2.HI/c1-3-23-12-6-11-21-19(20)22-14-16-10-9-15(2)13-18(16)24-17-7-4-5-8-17;/h9-10,13,17H,3-8,11-12,14H2,1-2H3,(H3,20,21,22);1H. The number of hydrogen-bond donors (Lipinski definition) is 2. The molecule has 0 radical (unpaired) electrons. The lowest BCUT2D eigenvalue weighted by atomic mass is 10.1. The Morgan fingerprint density at radius 3 is 2.80 bits per heavy atom. The van der Waals surface area contributed by atoms with Crippen molar-refractivity contribution in [1.82, 2.24) is 5.32 Å². The maximum Gasteiger partial charge on any atom is 0.188 e. The van der Waals surface area contributed by atoms with E-state index in [1.807, 2.05) is 6.92 Å². The molecule has 1 aromatic carbocycles. The summed E-state index contributed by atoms with van der Waals surface area (Å²) in [7, 11) is 0. The number of aliphatic imine (C=N–C) groups is 1. The Morgan fingerprint density at radius 2 is 2.08 bits per heavy atom. The molecule has 3 N–H and O–H groups in total. The van der Waals surface area contributed by atoms with Crippen LogP contribution in [0.2, 0.25) is 0 Å². The summed E-state index contributed by atoms with van der Waals surface area (Å²) in [6.07, 6.45) is 6.11. The van der Waals surface area contributed by atoms with Gasteiger partial charge in [0.1, 0.15) is 5.75 Å². The van der Waals surface area contributed by atoms with Crippen molar-refractivity contribution in [3.63, 3.8) is 0 Å². The fourth-order valence-corrected chi connectivity index (χ4v) is 2.85. The van der Waals surface area contributed by atoms with Gasteiger partial charge in [0.2, 0.25) is 0 Å². The van der Waals surface area contributed by atoms with E-state index >= 15 is 0 Å². The van der Waals surface area contributed by atoms with Crippen LogP contribution in [0.15, 0.2) is 23.2 Å². The summed E-state index contributed by atoms with van der Waals surface area (Å²) in [5, 5.41) is 3.12. The predicted molar refractivity (Wildman–Crippen MR) is 114 cm³/mol. The third kappa shape index (κ3) is 8.27. The highest BCUT2D eigenvalue weighted by Crippen LogP contribution is 2.28. The summed E-state index contributed by atoms with van der Waals surface area (Å²) < 4.78 is 11.5. The largest absolute Gasteiger partial charge is 0.490 e. The fraction of sp³-hybridized carbons (Fsp3) is 0.632. The van der Waals surface area contributed by atoms with Gasteiger partial charge in [-0.25, -0.2) is 4.99 Å². The number of nitrogens with two attached hydrogens (primary N) is 1. The molecule has 5 nitrogen and oxygen atoms in total. The average Bonchev–Trinajstić information content (AvgIpc) is 3.07. The van der Waals surface area contributed by atoms with E-state index in [9.17, 15) is 0 Å². The smallest absolute Gasteiger partial charge is 0.188 e. The van der Waals surface area contributed by atoms with Gasteiger partial charge in [-0.15, -0.1) is 24.0 Å². The van der Waals surface area contributed by atoms with Gasteiger partial charge in [-0.2, -0.15) is 0 Å². The fourth-order valence-electron chi connectivity index (χ4n) is 2.85. The van der Waals surface area contributed by atoms with Gasteiger partial charge in [0, 0.05) is 25.3 Å². The van der Waals surface area contributed by atoms with Crippen LogP contribution >= 0.6 is 24.0 Å². The summed E-state index contributed by atoms with van der Waals surface area (Å²) in [4.78, 5) is 4.44. The van der Waals surface area contributed by atoms with E-state index in [4.69, 9.17) is 15.2 Å². The lowest BCUT2D eigenvalue weighted by molar-refractivity contribution is 0.145. The lowest BCUT2D eigenvalue weighted by Crippen LogP contribution is -2.32.